The third kappa shape index (κ3) is 6.99. The zero-order valence-corrected chi connectivity index (χ0v) is 21.7. The number of aryl methyl sites for hydroxylation is 4. The van der Waals surface area contributed by atoms with Crippen LogP contribution >= 0.6 is 0 Å². The molecule has 0 bridgehead atoms. The number of benzene rings is 2. The molecular formula is C29H40O5. The van der Waals surface area contributed by atoms with Gasteiger partial charge in [-0.3, -0.25) is 0 Å². The van der Waals surface area contributed by atoms with Crippen LogP contribution in [-0.2, 0) is 10.2 Å². The standard InChI is InChI=1S/C29H40O5/c1-9-11-32-16-26(31)18-34-28-21(5)14-24(15-22(28)6)29(7,8)23-12-19(3)27(20(4)13-23)33-17-25(30)10-2/h1,12-15,25-26,30-31H,10-11,16-18H2,2-8H3. The van der Waals surface area contributed by atoms with E-state index in [1.54, 1.807) is 0 Å². The molecule has 2 rings (SSSR count). The van der Waals surface area contributed by atoms with Crippen LogP contribution < -0.4 is 9.47 Å². The van der Waals surface area contributed by atoms with Gasteiger partial charge in [-0.15, -0.1) is 6.42 Å². The number of aliphatic hydroxyl groups excluding tert-OH is 2. The van der Waals surface area contributed by atoms with Crippen molar-refractivity contribution in [3.8, 4) is 23.8 Å². The molecule has 0 saturated carbocycles. The Kier molecular flexibility index (Phi) is 10.00. The first-order chi connectivity index (χ1) is 16.0. The Bertz CT molecular complexity index is 956. The van der Waals surface area contributed by atoms with E-state index in [1.807, 2.05) is 34.6 Å². The molecule has 2 N–H and O–H groups in total. The zero-order valence-electron chi connectivity index (χ0n) is 21.7. The molecule has 2 unspecified atom stereocenters. The van der Waals surface area contributed by atoms with Crippen molar-refractivity contribution in [2.45, 2.75) is 72.5 Å². The highest BCUT2D eigenvalue weighted by Gasteiger charge is 2.26. The van der Waals surface area contributed by atoms with Crippen LogP contribution in [0.15, 0.2) is 24.3 Å². The molecule has 0 saturated heterocycles. The van der Waals surface area contributed by atoms with Crippen molar-refractivity contribution in [1.82, 2.24) is 0 Å². The third-order valence-electron chi connectivity index (χ3n) is 6.17. The lowest BCUT2D eigenvalue weighted by Gasteiger charge is -2.29. The molecule has 186 valence electrons. The Labute approximate surface area is 205 Å². The van der Waals surface area contributed by atoms with E-state index in [-0.39, 0.29) is 25.2 Å². The van der Waals surface area contributed by atoms with Crippen molar-refractivity contribution in [2.75, 3.05) is 26.4 Å². The van der Waals surface area contributed by atoms with Crippen LogP contribution in [0.1, 0.15) is 60.6 Å². The molecule has 2 atom stereocenters. The van der Waals surface area contributed by atoms with Crippen LogP contribution in [0.3, 0.4) is 0 Å². The van der Waals surface area contributed by atoms with Gasteiger partial charge in [0, 0.05) is 5.41 Å². The van der Waals surface area contributed by atoms with Crippen molar-refractivity contribution in [3.05, 3.63) is 57.6 Å². The van der Waals surface area contributed by atoms with Crippen molar-refractivity contribution in [1.29, 1.82) is 0 Å². The lowest BCUT2D eigenvalue weighted by atomic mass is 9.76. The average molecular weight is 469 g/mol. The summed E-state index contributed by atoms with van der Waals surface area (Å²) in [4.78, 5) is 0. The van der Waals surface area contributed by atoms with E-state index in [4.69, 9.17) is 20.6 Å². The quantitative estimate of drug-likeness (QED) is 0.346. The van der Waals surface area contributed by atoms with Crippen molar-refractivity contribution >= 4 is 0 Å². The Morgan fingerprint density at radius 1 is 0.794 bits per heavy atom. The van der Waals surface area contributed by atoms with Gasteiger partial charge in [0.15, 0.2) is 0 Å². The molecule has 0 fully saturated rings. The zero-order chi connectivity index (χ0) is 25.5. The van der Waals surface area contributed by atoms with Crippen LogP contribution in [0.25, 0.3) is 0 Å². The largest absolute Gasteiger partial charge is 0.490 e. The fraction of sp³-hybridized carbons (Fsp3) is 0.517. The number of aliphatic hydroxyl groups is 2. The highest BCUT2D eigenvalue weighted by atomic mass is 16.5. The topological polar surface area (TPSA) is 68.2 Å². The molecule has 0 amide bonds. The molecule has 5 heteroatoms. The third-order valence-corrected chi connectivity index (χ3v) is 6.17. The number of terminal acetylenes is 1. The van der Waals surface area contributed by atoms with Crippen molar-refractivity contribution in [2.24, 2.45) is 0 Å². The Balaban J connectivity index is 2.24. The van der Waals surface area contributed by atoms with E-state index in [0.717, 1.165) is 33.8 Å². The molecule has 0 aromatic heterocycles. The Hall–Kier alpha value is -2.52. The second-order valence-electron chi connectivity index (χ2n) is 9.56. The highest BCUT2D eigenvalue weighted by molar-refractivity contribution is 5.52. The van der Waals surface area contributed by atoms with E-state index in [9.17, 15) is 10.2 Å². The van der Waals surface area contributed by atoms with Gasteiger partial charge in [0.2, 0.25) is 0 Å². The predicted molar refractivity (Wildman–Crippen MR) is 137 cm³/mol. The molecule has 0 aliphatic rings. The van der Waals surface area contributed by atoms with Gasteiger partial charge in [0.05, 0.1) is 12.7 Å². The number of ether oxygens (including phenoxy) is 3. The maximum atomic E-state index is 10.1. The summed E-state index contributed by atoms with van der Waals surface area (Å²) in [5, 5.41) is 19.9. The summed E-state index contributed by atoms with van der Waals surface area (Å²) in [5.41, 5.74) is 6.28. The van der Waals surface area contributed by atoms with Crippen LogP contribution in [0, 0.1) is 40.0 Å². The fourth-order valence-electron chi connectivity index (χ4n) is 4.02. The molecule has 34 heavy (non-hydrogen) atoms. The maximum absolute atomic E-state index is 10.1. The van der Waals surface area contributed by atoms with E-state index in [0.29, 0.717) is 13.0 Å². The number of hydrogen-bond donors (Lipinski definition) is 2. The van der Waals surface area contributed by atoms with E-state index >= 15 is 0 Å². The summed E-state index contributed by atoms with van der Waals surface area (Å²) in [5.74, 6) is 4.00. The average Bonchev–Trinajstić information content (AvgIpc) is 2.77. The Morgan fingerprint density at radius 2 is 1.21 bits per heavy atom. The SMILES string of the molecule is C#CCOCC(O)COc1c(C)cc(C(C)(C)c2cc(C)c(OCC(O)CC)c(C)c2)cc1C. The smallest absolute Gasteiger partial charge is 0.125 e. The van der Waals surface area contributed by atoms with Crippen molar-refractivity contribution in [3.63, 3.8) is 0 Å². The molecular weight excluding hydrogens is 428 g/mol. The molecule has 2 aromatic rings. The summed E-state index contributed by atoms with van der Waals surface area (Å²) >= 11 is 0. The van der Waals surface area contributed by atoms with Crippen LogP contribution in [0.4, 0.5) is 0 Å². The first kappa shape index (κ1) is 27.7. The molecule has 0 heterocycles. The van der Waals surface area contributed by atoms with Gasteiger partial charge in [0.1, 0.15) is 37.4 Å². The maximum Gasteiger partial charge on any atom is 0.125 e. The molecule has 0 aliphatic carbocycles. The van der Waals surface area contributed by atoms with Gasteiger partial charge in [-0.25, -0.2) is 0 Å². The second-order valence-corrected chi connectivity index (χ2v) is 9.56. The minimum absolute atomic E-state index is 0.140. The fourth-order valence-corrected chi connectivity index (χ4v) is 4.02. The lowest BCUT2D eigenvalue weighted by molar-refractivity contribution is 0.0226. The summed E-state index contributed by atoms with van der Waals surface area (Å²) in [6, 6.07) is 8.64. The lowest BCUT2D eigenvalue weighted by Crippen LogP contribution is -2.24. The minimum Gasteiger partial charge on any atom is -0.490 e. The van der Waals surface area contributed by atoms with Gasteiger partial charge >= 0.3 is 0 Å². The van der Waals surface area contributed by atoms with Crippen LogP contribution in [-0.4, -0.2) is 48.8 Å². The summed E-state index contributed by atoms with van der Waals surface area (Å²) in [6.07, 6.45) is 4.63. The molecule has 2 aromatic carbocycles. The van der Waals surface area contributed by atoms with Crippen LogP contribution in [0.2, 0.25) is 0 Å². The number of hydrogen-bond acceptors (Lipinski definition) is 5. The van der Waals surface area contributed by atoms with Crippen molar-refractivity contribution < 1.29 is 24.4 Å². The summed E-state index contributed by atoms with van der Waals surface area (Å²) in [6.45, 7) is 15.3. The Morgan fingerprint density at radius 3 is 1.59 bits per heavy atom. The van der Waals surface area contributed by atoms with Gasteiger partial charge in [-0.2, -0.15) is 0 Å². The first-order valence-electron chi connectivity index (χ1n) is 11.9. The summed E-state index contributed by atoms with van der Waals surface area (Å²) in [7, 11) is 0. The van der Waals surface area contributed by atoms with Gasteiger partial charge in [0.25, 0.3) is 0 Å². The minimum atomic E-state index is -0.742. The molecule has 0 radical (unpaired) electrons. The normalized spacial score (nSPS) is 13.3. The monoisotopic (exact) mass is 468 g/mol. The second kappa shape index (κ2) is 12.3. The van der Waals surface area contributed by atoms with Gasteiger partial charge in [-0.1, -0.05) is 51.0 Å². The molecule has 0 aliphatic heterocycles. The van der Waals surface area contributed by atoms with E-state index in [1.165, 1.54) is 11.1 Å². The number of rotatable bonds is 12. The molecule has 5 nitrogen and oxygen atoms in total. The predicted octanol–water partition coefficient (Wildman–Crippen LogP) is 4.79. The van der Waals surface area contributed by atoms with E-state index in [2.05, 4.69) is 44.0 Å². The summed E-state index contributed by atoms with van der Waals surface area (Å²) < 4.78 is 17.0. The van der Waals surface area contributed by atoms with E-state index < -0.39 is 12.2 Å². The van der Waals surface area contributed by atoms with Gasteiger partial charge < -0.3 is 24.4 Å². The molecule has 0 spiro atoms. The van der Waals surface area contributed by atoms with Crippen LogP contribution in [0.5, 0.6) is 11.5 Å². The van der Waals surface area contributed by atoms with Gasteiger partial charge in [-0.05, 0) is 67.5 Å². The first-order valence-corrected chi connectivity index (χ1v) is 11.9. The highest BCUT2D eigenvalue weighted by Crippen LogP contribution is 2.38.